The fraction of sp³-hybridized carbons (Fsp3) is 0.0870. The lowest BCUT2D eigenvalue weighted by Crippen LogP contribution is -2.21. The number of rotatable bonds is 6. The van der Waals surface area contributed by atoms with Crippen molar-refractivity contribution in [2.24, 2.45) is 5.10 Å². The molecule has 0 aliphatic heterocycles. The summed E-state index contributed by atoms with van der Waals surface area (Å²) in [5, 5.41) is 7.31. The number of anilines is 2. The molecule has 7 heteroatoms. The molecular formula is C23H21ClN4O2. The molecule has 3 aromatic rings. The van der Waals surface area contributed by atoms with Crippen LogP contribution < -0.4 is 15.6 Å². The molecule has 3 aromatic carbocycles. The van der Waals surface area contributed by atoms with Gasteiger partial charge in [-0.1, -0.05) is 35.9 Å². The zero-order valence-corrected chi connectivity index (χ0v) is 17.4. The van der Waals surface area contributed by atoms with Gasteiger partial charge in [-0.3, -0.25) is 9.59 Å². The first-order valence-corrected chi connectivity index (χ1v) is 9.58. The molecule has 0 saturated heterocycles. The molecule has 0 aromatic heterocycles. The Hall–Kier alpha value is -3.64. The predicted octanol–water partition coefficient (Wildman–Crippen LogP) is 4.42. The van der Waals surface area contributed by atoms with Crippen LogP contribution in [0.25, 0.3) is 0 Å². The zero-order chi connectivity index (χ0) is 21.5. The van der Waals surface area contributed by atoms with E-state index in [2.05, 4.69) is 15.8 Å². The Morgan fingerprint density at radius 1 is 0.900 bits per heavy atom. The molecule has 3 rings (SSSR count). The molecule has 152 valence electrons. The first-order chi connectivity index (χ1) is 14.4. The molecular weight excluding hydrogens is 400 g/mol. The van der Waals surface area contributed by atoms with Gasteiger partial charge in [0.05, 0.1) is 17.5 Å². The van der Waals surface area contributed by atoms with Crippen molar-refractivity contribution in [3.63, 3.8) is 0 Å². The van der Waals surface area contributed by atoms with Crippen LogP contribution in [-0.2, 0) is 0 Å². The van der Waals surface area contributed by atoms with E-state index in [1.54, 1.807) is 54.7 Å². The third-order valence-electron chi connectivity index (χ3n) is 4.32. The summed E-state index contributed by atoms with van der Waals surface area (Å²) in [6.07, 6.45) is 1.56. The van der Waals surface area contributed by atoms with Crippen molar-refractivity contribution in [3.05, 3.63) is 94.5 Å². The fourth-order valence-corrected chi connectivity index (χ4v) is 2.80. The second-order valence-electron chi connectivity index (χ2n) is 6.69. The molecule has 0 heterocycles. The summed E-state index contributed by atoms with van der Waals surface area (Å²) in [5.74, 6) is -0.764. The molecule has 0 saturated carbocycles. The maximum Gasteiger partial charge on any atom is 0.273 e. The molecule has 6 nitrogen and oxygen atoms in total. The molecule has 0 radical (unpaired) electrons. The van der Waals surface area contributed by atoms with Gasteiger partial charge in [0, 0.05) is 30.4 Å². The summed E-state index contributed by atoms with van der Waals surface area (Å²) in [5.41, 5.74) is 5.55. The van der Waals surface area contributed by atoms with Gasteiger partial charge < -0.3 is 10.2 Å². The molecule has 0 fully saturated rings. The van der Waals surface area contributed by atoms with Crippen molar-refractivity contribution in [3.8, 4) is 0 Å². The van der Waals surface area contributed by atoms with E-state index in [0.717, 1.165) is 11.3 Å². The molecule has 0 aliphatic carbocycles. The second-order valence-corrected chi connectivity index (χ2v) is 7.13. The summed E-state index contributed by atoms with van der Waals surface area (Å²) in [6, 6.07) is 21.0. The fourth-order valence-electron chi connectivity index (χ4n) is 2.67. The third kappa shape index (κ3) is 5.46. The minimum Gasteiger partial charge on any atom is -0.378 e. The summed E-state index contributed by atoms with van der Waals surface area (Å²) >= 11 is 5.86. The van der Waals surface area contributed by atoms with Crippen LogP contribution in [0, 0.1) is 0 Å². The SMILES string of the molecule is CN(C)c1ccc(/C=N/NC(=O)c2ccccc2NC(=O)c2ccc(Cl)cc2)cc1. The minimum atomic E-state index is -0.428. The van der Waals surface area contributed by atoms with Gasteiger partial charge in [-0.05, 0) is 54.1 Å². The first kappa shape index (κ1) is 21.1. The van der Waals surface area contributed by atoms with Crippen LogP contribution in [0.15, 0.2) is 77.9 Å². The van der Waals surface area contributed by atoms with Gasteiger partial charge in [0.15, 0.2) is 0 Å². The highest BCUT2D eigenvalue weighted by Gasteiger charge is 2.13. The number of nitrogens with zero attached hydrogens (tertiary/aromatic N) is 2. The number of halogens is 1. The highest BCUT2D eigenvalue weighted by atomic mass is 35.5. The predicted molar refractivity (Wildman–Crippen MR) is 122 cm³/mol. The van der Waals surface area contributed by atoms with Crippen LogP contribution in [0.3, 0.4) is 0 Å². The smallest absolute Gasteiger partial charge is 0.273 e. The van der Waals surface area contributed by atoms with E-state index >= 15 is 0 Å². The molecule has 0 aliphatic rings. The van der Waals surface area contributed by atoms with E-state index in [4.69, 9.17) is 11.6 Å². The average Bonchev–Trinajstić information content (AvgIpc) is 2.75. The normalized spacial score (nSPS) is 10.6. The van der Waals surface area contributed by atoms with Crippen molar-refractivity contribution < 1.29 is 9.59 Å². The Kier molecular flexibility index (Phi) is 6.83. The van der Waals surface area contributed by atoms with Crippen molar-refractivity contribution in [1.29, 1.82) is 0 Å². The average molecular weight is 421 g/mol. The van der Waals surface area contributed by atoms with Crippen molar-refractivity contribution in [2.75, 3.05) is 24.3 Å². The lowest BCUT2D eigenvalue weighted by molar-refractivity contribution is 0.0956. The number of amides is 2. The summed E-state index contributed by atoms with van der Waals surface area (Å²) in [4.78, 5) is 27.0. The molecule has 2 amide bonds. The van der Waals surface area contributed by atoms with Gasteiger partial charge in [0.1, 0.15) is 0 Å². The summed E-state index contributed by atoms with van der Waals surface area (Å²) in [6.45, 7) is 0. The number of para-hydroxylation sites is 1. The zero-order valence-electron chi connectivity index (χ0n) is 16.6. The Bertz CT molecular complexity index is 1060. The highest BCUT2D eigenvalue weighted by Crippen LogP contribution is 2.17. The maximum absolute atomic E-state index is 12.6. The number of hydrogen-bond acceptors (Lipinski definition) is 4. The monoisotopic (exact) mass is 420 g/mol. The standard InChI is InChI=1S/C23H21ClN4O2/c1-28(2)19-13-7-16(8-14-19)15-25-27-23(30)20-5-3-4-6-21(20)26-22(29)17-9-11-18(24)12-10-17/h3-15H,1-2H3,(H,26,29)(H,27,30)/b25-15+. The van der Waals surface area contributed by atoms with Crippen LogP contribution in [0.4, 0.5) is 11.4 Å². The van der Waals surface area contributed by atoms with E-state index in [-0.39, 0.29) is 5.91 Å². The lowest BCUT2D eigenvalue weighted by atomic mass is 10.1. The summed E-state index contributed by atoms with van der Waals surface area (Å²) in [7, 11) is 3.93. The second kappa shape index (κ2) is 9.71. The van der Waals surface area contributed by atoms with Crippen LogP contribution in [-0.4, -0.2) is 32.1 Å². The quantitative estimate of drug-likeness (QED) is 0.458. The van der Waals surface area contributed by atoms with Crippen LogP contribution >= 0.6 is 11.6 Å². The van der Waals surface area contributed by atoms with Crippen molar-refractivity contribution in [2.45, 2.75) is 0 Å². The Morgan fingerprint density at radius 2 is 1.57 bits per heavy atom. The van der Waals surface area contributed by atoms with Gasteiger partial charge in [-0.15, -0.1) is 0 Å². The van der Waals surface area contributed by atoms with Crippen molar-refractivity contribution in [1.82, 2.24) is 5.43 Å². The van der Waals surface area contributed by atoms with E-state index in [1.807, 2.05) is 43.3 Å². The molecule has 0 atom stereocenters. The Labute approximate surface area is 180 Å². The molecule has 2 N–H and O–H groups in total. The van der Waals surface area contributed by atoms with Gasteiger partial charge >= 0.3 is 0 Å². The maximum atomic E-state index is 12.6. The van der Waals surface area contributed by atoms with Gasteiger partial charge in [-0.2, -0.15) is 5.10 Å². The van der Waals surface area contributed by atoms with Gasteiger partial charge in [-0.25, -0.2) is 5.43 Å². The van der Waals surface area contributed by atoms with Gasteiger partial charge in [0.25, 0.3) is 11.8 Å². The van der Waals surface area contributed by atoms with E-state index < -0.39 is 5.91 Å². The van der Waals surface area contributed by atoms with E-state index in [9.17, 15) is 9.59 Å². The first-order valence-electron chi connectivity index (χ1n) is 9.21. The largest absolute Gasteiger partial charge is 0.378 e. The molecule has 0 unspecified atom stereocenters. The van der Waals surface area contributed by atoms with E-state index in [1.165, 1.54) is 0 Å². The number of carbonyl (C=O) groups excluding carboxylic acids is 2. The Balaban J connectivity index is 1.67. The highest BCUT2D eigenvalue weighted by molar-refractivity contribution is 6.30. The number of hydrogen-bond donors (Lipinski definition) is 2. The molecule has 30 heavy (non-hydrogen) atoms. The van der Waals surface area contributed by atoms with Crippen LogP contribution in [0.5, 0.6) is 0 Å². The van der Waals surface area contributed by atoms with E-state index in [0.29, 0.717) is 21.8 Å². The summed E-state index contributed by atoms with van der Waals surface area (Å²) < 4.78 is 0. The Morgan fingerprint density at radius 3 is 2.23 bits per heavy atom. The topological polar surface area (TPSA) is 73.8 Å². The van der Waals surface area contributed by atoms with Crippen LogP contribution in [0.1, 0.15) is 26.3 Å². The molecule has 0 bridgehead atoms. The number of benzene rings is 3. The number of hydrazone groups is 1. The van der Waals surface area contributed by atoms with Gasteiger partial charge in [0.2, 0.25) is 0 Å². The van der Waals surface area contributed by atoms with Crippen molar-refractivity contribution >= 4 is 41.0 Å². The van der Waals surface area contributed by atoms with Crippen LogP contribution in [0.2, 0.25) is 5.02 Å². The number of carbonyl (C=O) groups is 2. The minimum absolute atomic E-state index is 0.305. The lowest BCUT2D eigenvalue weighted by Gasteiger charge is -2.11. The number of nitrogens with one attached hydrogen (secondary N) is 2. The molecule has 0 spiro atoms. The third-order valence-corrected chi connectivity index (χ3v) is 4.57.